The molecule has 2 atom stereocenters. The van der Waals surface area contributed by atoms with Crippen molar-refractivity contribution in [2.45, 2.75) is 111 Å². The first kappa shape index (κ1) is 53.3. The summed E-state index contributed by atoms with van der Waals surface area (Å²) in [6.45, 7) is 15.9. The van der Waals surface area contributed by atoms with Crippen molar-refractivity contribution in [1.82, 2.24) is 24.4 Å². The van der Waals surface area contributed by atoms with E-state index < -0.39 is 57.8 Å². The number of thioether (sulfide) groups is 1. The lowest BCUT2D eigenvalue weighted by Gasteiger charge is -2.49. The van der Waals surface area contributed by atoms with Gasteiger partial charge in [-0.2, -0.15) is 0 Å². The summed E-state index contributed by atoms with van der Waals surface area (Å²) in [6.07, 6.45) is 4.79. The quantitative estimate of drug-likeness (QED) is 0.0212. The van der Waals surface area contributed by atoms with E-state index in [-0.39, 0.29) is 66.5 Å². The molecule has 2 amide bonds. The summed E-state index contributed by atoms with van der Waals surface area (Å²) in [7, 11) is 1.56. The number of fused-ring (bicyclic) bond motifs is 2. The minimum Gasteiger partial charge on any atom is -1.00 e. The van der Waals surface area contributed by atoms with Crippen LogP contribution >= 0.6 is 23.1 Å². The van der Waals surface area contributed by atoms with Crippen LogP contribution in [0.4, 0.5) is 4.79 Å². The number of rotatable bonds is 16. The highest BCUT2D eigenvalue weighted by Crippen LogP contribution is 2.46. The molecule has 0 bridgehead atoms. The van der Waals surface area contributed by atoms with Crippen LogP contribution in [0, 0.1) is 18.3 Å². The van der Waals surface area contributed by atoms with Gasteiger partial charge in [-0.15, -0.1) is 27.6 Å². The molecule has 0 unspecified atom stereocenters. The number of aryl methyl sites for hydroxylation is 1. The smallest absolute Gasteiger partial charge is 0.413 e. The first-order valence-corrected chi connectivity index (χ1v) is 24.1. The SMILES string of the molecule is COc1ccc(COC(=O)C2=C(Cn3ccc4n3cc[n+]4Cc3ccc(C(=N)NC(=O)OC(C)(C)C)cc3)CS[C@@H]3[C@H](CC(=O)/C(=N\OC(C)(C)C(=O)OC(C)(C)C)c4csc(C)n4)C(=O)N23)cc1.[I-]. The van der Waals surface area contributed by atoms with Crippen molar-refractivity contribution in [3.8, 4) is 5.75 Å². The second-order valence-corrected chi connectivity index (χ2v) is 21.2. The predicted molar refractivity (Wildman–Crippen MR) is 258 cm³/mol. The number of oxime groups is 1. The highest BCUT2D eigenvalue weighted by Gasteiger charge is 2.54. The van der Waals surface area contributed by atoms with E-state index in [1.165, 1.54) is 41.8 Å². The van der Waals surface area contributed by atoms with Gasteiger partial charge in [0.05, 0.1) is 42.2 Å². The standard InChI is InChI=1S/C49H56N8O10S2.HI/c1-29-51-36(28-68-29)39(53-67-49(8,9)45(61)65-47(2,3)4)37(58)23-35-42(59)57-40(44(60)64-26-31-13-17-34(63-10)18-14-31)33(27-69-43(35)57)25-55-20-19-38-54(21-22-56(38)55)24-30-11-15-32(16-12-30)41(50)52-46(62)66-48(5,6)7;/h11-22,28,35,43H,23-27H2,1-10H3,(H-,50,52,62);1H/b53-39-;/t35-,43-;/m1./s1. The maximum atomic E-state index is 14.3. The minimum absolute atomic E-state index is 0. The molecule has 1 saturated heterocycles. The van der Waals surface area contributed by atoms with Crippen LogP contribution in [0.5, 0.6) is 5.75 Å². The number of benzene rings is 2. The van der Waals surface area contributed by atoms with Crippen LogP contribution in [-0.4, -0.2) is 95.4 Å². The number of hydrogen-bond acceptors (Lipinski definition) is 15. The molecule has 1 fully saturated rings. The molecule has 0 aliphatic carbocycles. The van der Waals surface area contributed by atoms with Crippen LogP contribution in [-0.2, 0) is 57.9 Å². The molecule has 18 nitrogen and oxygen atoms in total. The number of ether oxygens (including phenoxy) is 4. The molecule has 372 valence electrons. The normalized spacial score (nSPS) is 16.2. The lowest BCUT2D eigenvalue weighted by molar-refractivity contribution is -0.661. The largest absolute Gasteiger partial charge is 1.00 e. The van der Waals surface area contributed by atoms with E-state index in [9.17, 15) is 24.0 Å². The Labute approximate surface area is 431 Å². The molecule has 0 saturated carbocycles. The molecule has 5 aromatic rings. The Morgan fingerprint density at radius 1 is 0.929 bits per heavy atom. The van der Waals surface area contributed by atoms with E-state index >= 15 is 0 Å². The van der Waals surface area contributed by atoms with Crippen molar-refractivity contribution in [2.75, 3.05) is 12.9 Å². The van der Waals surface area contributed by atoms with Gasteiger partial charge < -0.3 is 47.8 Å². The fraction of sp³-hybridized carbons (Fsp3) is 0.408. The van der Waals surface area contributed by atoms with Gasteiger partial charge in [0.2, 0.25) is 11.5 Å². The third kappa shape index (κ3) is 12.6. The molecule has 70 heavy (non-hydrogen) atoms. The summed E-state index contributed by atoms with van der Waals surface area (Å²) in [5, 5.41) is 16.7. The Morgan fingerprint density at radius 2 is 1.60 bits per heavy atom. The number of hydrogen-bond donors (Lipinski definition) is 2. The van der Waals surface area contributed by atoms with Gasteiger partial charge in [-0.3, -0.25) is 25.2 Å². The molecule has 2 aromatic carbocycles. The molecule has 0 radical (unpaired) electrons. The molecule has 2 N–H and O–H groups in total. The van der Waals surface area contributed by atoms with Gasteiger partial charge in [-0.25, -0.2) is 28.6 Å². The molecule has 21 heteroatoms. The minimum atomic E-state index is -1.55. The fourth-order valence-corrected chi connectivity index (χ4v) is 9.43. The van der Waals surface area contributed by atoms with Gasteiger partial charge in [0.25, 0.3) is 0 Å². The number of imidazole rings is 1. The van der Waals surface area contributed by atoms with Gasteiger partial charge in [0.1, 0.15) is 53.5 Å². The van der Waals surface area contributed by atoms with Crippen molar-refractivity contribution >= 4 is 70.0 Å². The number of methoxy groups -OCH3 is 1. The Hall–Kier alpha value is -6.07. The van der Waals surface area contributed by atoms with Crippen LogP contribution in [0.2, 0.25) is 0 Å². The average molecular weight is 1110 g/mol. The number of Topliss-reactive ketones (excluding diaryl/α,β-unsaturated/α-hetero) is 1. The Bertz CT molecular complexity index is 2850. The Balaban J connectivity index is 0.00000804. The number of nitrogens with zero attached hydrogens (tertiary/aromatic N) is 6. The number of amides is 2. The molecule has 2 aliphatic rings. The number of nitrogens with one attached hydrogen (secondary N) is 2. The van der Waals surface area contributed by atoms with Gasteiger partial charge in [0.15, 0.2) is 17.7 Å². The lowest BCUT2D eigenvalue weighted by atomic mass is 9.89. The van der Waals surface area contributed by atoms with Crippen LogP contribution in [0.25, 0.3) is 5.65 Å². The van der Waals surface area contributed by atoms with Crippen LogP contribution in [0.3, 0.4) is 0 Å². The van der Waals surface area contributed by atoms with Crippen molar-refractivity contribution in [1.29, 1.82) is 5.41 Å². The zero-order chi connectivity index (χ0) is 50.0. The van der Waals surface area contributed by atoms with Gasteiger partial charge in [-0.1, -0.05) is 41.6 Å². The van der Waals surface area contributed by atoms with E-state index in [0.717, 1.165) is 16.8 Å². The number of amidine groups is 1. The Morgan fingerprint density at radius 3 is 2.23 bits per heavy atom. The monoisotopic (exact) mass is 1110 g/mol. The number of aromatic nitrogens is 4. The van der Waals surface area contributed by atoms with E-state index in [0.29, 0.717) is 34.2 Å². The second-order valence-electron chi connectivity index (χ2n) is 19.1. The first-order chi connectivity index (χ1) is 32.5. The molecular formula is C49H57IN8O10S2. The molecular weight excluding hydrogens is 1050 g/mol. The number of ketones is 1. The second kappa shape index (κ2) is 21.5. The molecule has 7 rings (SSSR count). The summed E-state index contributed by atoms with van der Waals surface area (Å²) in [5.41, 5.74) is 0.924. The highest BCUT2D eigenvalue weighted by molar-refractivity contribution is 8.00. The average Bonchev–Trinajstić information content (AvgIpc) is 4.01. The van der Waals surface area contributed by atoms with E-state index in [2.05, 4.69) is 20.0 Å². The topological polar surface area (TPSA) is 209 Å². The number of halogens is 1. The van der Waals surface area contributed by atoms with Gasteiger partial charge >= 0.3 is 23.7 Å². The number of esters is 2. The van der Waals surface area contributed by atoms with Crippen molar-refractivity contribution in [2.24, 2.45) is 11.1 Å². The summed E-state index contributed by atoms with van der Waals surface area (Å²) in [6, 6.07) is 16.4. The number of carbonyl (C=O) groups is 5. The summed E-state index contributed by atoms with van der Waals surface area (Å²) < 4.78 is 27.9. The Kier molecular flexibility index (Phi) is 16.4. The van der Waals surface area contributed by atoms with Crippen LogP contribution in [0.15, 0.2) is 95.0 Å². The third-order valence-corrected chi connectivity index (χ3v) is 13.0. The summed E-state index contributed by atoms with van der Waals surface area (Å²) in [4.78, 5) is 79.5. The van der Waals surface area contributed by atoms with Gasteiger partial charge in [0, 0.05) is 23.1 Å². The number of carbonyl (C=O) groups excluding carboxylic acids is 5. The summed E-state index contributed by atoms with van der Waals surface area (Å²) >= 11 is 2.76. The number of thiazole rings is 1. The highest BCUT2D eigenvalue weighted by atomic mass is 127. The van der Waals surface area contributed by atoms with Crippen molar-refractivity contribution in [3.05, 3.63) is 117 Å². The molecule has 0 spiro atoms. The van der Waals surface area contributed by atoms with Crippen molar-refractivity contribution < 1.29 is 76.3 Å². The van der Waals surface area contributed by atoms with Gasteiger partial charge in [-0.05, 0) is 91.1 Å². The number of alkyl carbamates (subject to hydrolysis) is 1. The van der Waals surface area contributed by atoms with Crippen molar-refractivity contribution in [3.63, 3.8) is 0 Å². The van der Waals surface area contributed by atoms with E-state index in [1.807, 2.05) is 46.0 Å². The van der Waals surface area contributed by atoms with E-state index in [4.69, 9.17) is 29.2 Å². The zero-order valence-corrected chi connectivity index (χ0v) is 44.4. The first-order valence-electron chi connectivity index (χ1n) is 22.2. The van der Waals surface area contributed by atoms with E-state index in [1.54, 1.807) is 97.4 Å². The number of β-lactam (4-membered cyclic amide) rings is 1. The molecule has 5 heterocycles. The predicted octanol–water partition coefficient (Wildman–Crippen LogP) is 3.73. The fourth-order valence-electron chi connectivity index (χ4n) is 7.43. The van der Waals surface area contributed by atoms with Crippen LogP contribution < -0.4 is 38.6 Å². The lowest BCUT2D eigenvalue weighted by Crippen LogP contribution is -3.00. The molecule has 2 aliphatic heterocycles. The van der Waals surface area contributed by atoms with Crippen LogP contribution in [0.1, 0.15) is 89.2 Å². The maximum Gasteiger partial charge on any atom is 0.413 e. The summed E-state index contributed by atoms with van der Waals surface area (Å²) in [5.74, 6) is -2.16. The maximum absolute atomic E-state index is 14.3. The zero-order valence-electron chi connectivity index (χ0n) is 40.7. The third-order valence-electron chi connectivity index (χ3n) is 10.8. The molecule has 3 aromatic heterocycles.